The van der Waals surface area contributed by atoms with Crippen LogP contribution in [-0.2, 0) is 0 Å². The van der Waals surface area contributed by atoms with Crippen molar-refractivity contribution in [1.29, 1.82) is 0 Å². The second-order valence-corrected chi connectivity index (χ2v) is 5.60. The fourth-order valence-corrected chi connectivity index (χ4v) is 2.18. The van der Waals surface area contributed by atoms with Crippen LogP contribution in [0.3, 0.4) is 0 Å². The average Bonchev–Trinajstić information content (AvgIpc) is 2.31. The van der Waals surface area contributed by atoms with Crippen molar-refractivity contribution in [1.82, 2.24) is 4.90 Å². The molecule has 0 aliphatic rings. The van der Waals surface area contributed by atoms with Crippen molar-refractivity contribution in [3.05, 3.63) is 34.4 Å². The van der Waals surface area contributed by atoms with Gasteiger partial charge in [-0.1, -0.05) is 13.0 Å². The van der Waals surface area contributed by atoms with E-state index in [-0.39, 0.29) is 5.78 Å². The molecule has 18 heavy (non-hydrogen) atoms. The van der Waals surface area contributed by atoms with Gasteiger partial charge in [0.2, 0.25) is 0 Å². The molecule has 0 N–H and O–H groups in total. The fraction of sp³-hybridized carbons (Fsp3) is 0.562. The lowest BCUT2D eigenvalue weighted by molar-refractivity contribution is 0.0710. The minimum atomic E-state index is -0.424. The van der Waals surface area contributed by atoms with Gasteiger partial charge in [-0.25, -0.2) is 0 Å². The fourth-order valence-electron chi connectivity index (χ4n) is 2.18. The normalized spacial score (nSPS) is 14.7. The Hall–Kier alpha value is -1.15. The number of likely N-dealkylation sites (N-methyl/N-ethyl adjacent to an activating group) is 1. The first-order chi connectivity index (χ1) is 8.24. The number of carbonyl (C=O) groups is 1. The summed E-state index contributed by atoms with van der Waals surface area (Å²) < 4.78 is 0. The molecule has 2 nitrogen and oxygen atoms in total. The second kappa shape index (κ2) is 5.23. The summed E-state index contributed by atoms with van der Waals surface area (Å²) >= 11 is 0. The third-order valence-corrected chi connectivity index (χ3v) is 4.25. The molecule has 1 aromatic rings. The lowest BCUT2D eigenvalue weighted by atomic mass is 9.84. The molecule has 0 aliphatic carbocycles. The summed E-state index contributed by atoms with van der Waals surface area (Å²) in [6, 6.07) is 4.14. The zero-order valence-corrected chi connectivity index (χ0v) is 12.7. The molecule has 100 valence electrons. The van der Waals surface area contributed by atoms with Gasteiger partial charge in [0.15, 0.2) is 5.78 Å². The van der Waals surface area contributed by atoms with Crippen LogP contribution in [0.25, 0.3) is 0 Å². The monoisotopic (exact) mass is 247 g/mol. The quantitative estimate of drug-likeness (QED) is 0.759. The molecule has 0 radical (unpaired) electrons. The van der Waals surface area contributed by atoms with Gasteiger partial charge in [-0.05, 0) is 71.0 Å². The number of nitrogens with zero attached hydrogens (tertiary/aromatic N) is 1. The minimum Gasteiger partial charge on any atom is -0.297 e. The number of Topliss-reactive ketones (excluding diaryl/α,β-unsaturated/α-hetero) is 1. The Morgan fingerprint density at radius 3 is 2.06 bits per heavy atom. The first-order valence-electron chi connectivity index (χ1n) is 6.54. The predicted octanol–water partition coefficient (Wildman–Crippen LogP) is 3.52. The first-order valence-corrected chi connectivity index (χ1v) is 6.54. The molecule has 2 heteroatoms. The van der Waals surface area contributed by atoms with Gasteiger partial charge < -0.3 is 0 Å². The molecular weight excluding hydrogens is 222 g/mol. The third kappa shape index (κ3) is 2.49. The molecular formula is C16H25NO. The molecule has 0 aliphatic heterocycles. The lowest BCUT2D eigenvalue weighted by Gasteiger charge is -2.34. The predicted molar refractivity (Wildman–Crippen MR) is 77.4 cm³/mol. The zero-order valence-electron chi connectivity index (χ0n) is 12.7. The van der Waals surface area contributed by atoms with E-state index in [1.807, 2.05) is 38.9 Å². The molecule has 0 heterocycles. The Balaban J connectivity index is 3.30. The van der Waals surface area contributed by atoms with Crippen LogP contribution in [0.5, 0.6) is 0 Å². The number of aryl methyl sites for hydroxylation is 3. The van der Waals surface area contributed by atoms with E-state index >= 15 is 0 Å². The molecule has 1 aromatic carbocycles. The van der Waals surface area contributed by atoms with Crippen LogP contribution in [0.2, 0.25) is 0 Å². The van der Waals surface area contributed by atoms with Crippen molar-refractivity contribution in [3.8, 4) is 0 Å². The van der Waals surface area contributed by atoms with Crippen LogP contribution in [0.1, 0.15) is 47.3 Å². The van der Waals surface area contributed by atoms with E-state index in [0.717, 1.165) is 17.5 Å². The highest BCUT2D eigenvalue weighted by molar-refractivity contribution is 6.04. The van der Waals surface area contributed by atoms with E-state index in [1.165, 1.54) is 11.1 Å². The average molecular weight is 247 g/mol. The van der Waals surface area contributed by atoms with E-state index in [0.29, 0.717) is 0 Å². The first kappa shape index (κ1) is 14.9. The van der Waals surface area contributed by atoms with Crippen molar-refractivity contribution in [3.63, 3.8) is 0 Å². The van der Waals surface area contributed by atoms with E-state index in [1.54, 1.807) is 0 Å². The smallest absolute Gasteiger partial charge is 0.183 e. The van der Waals surface area contributed by atoms with Crippen molar-refractivity contribution in [2.75, 3.05) is 14.1 Å². The third-order valence-electron chi connectivity index (χ3n) is 4.25. The Morgan fingerprint density at radius 2 is 1.61 bits per heavy atom. The second-order valence-electron chi connectivity index (χ2n) is 5.60. The van der Waals surface area contributed by atoms with Gasteiger partial charge >= 0.3 is 0 Å². The van der Waals surface area contributed by atoms with Gasteiger partial charge in [-0.3, -0.25) is 9.69 Å². The topological polar surface area (TPSA) is 20.3 Å². The summed E-state index contributed by atoms with van der Waals surface area (Å²) in [4.78, 5) is 14.8. The van der Waals surface area contributed by atoms with Gasteiger partial charge in [0.1, 0.15) is 0 Å². The Kier molecular flexibility index (Phi) is 4.33. The highest BCUT2D eigenvalue weighted by Gasteiger charge is 2.35. The number of rotatable bonds is 4. The SMILES string of the molecule is CCC(C)(C(=O)c1cc(C)c(C)cc1C)N(C)C. The maximum atomic E-state index is 12.8. The van der Waals surface area contributed by atoms with Gasteiger partial charge in [0.05, 0.1) is 5.54 Å². The summed E-state index contributed by atoms with van der Waals surface area (Å²) in [5.74, 6) is 0.218. The summed E-state index contributed by atoms with van der Waals surface area (Å²) in [6.45, 7) is 10.2. The van der Waals surface area contributed by atoms with Crippen molar-refractivity contribution < 1.29 is 4.79 Å². The summed E-state index contributed by atoms with van der Waals surface area (Å²) in [5.41, 5.74) is 3.93. The van der Waals surface area contributed by atoms with Crippen LogP contribution in [0, 0.1) is 20.8 Å². The minimum absolute atomic E-state index is 0.218. The summed E-state index contributed by atoms with van der Waals surface area (Å²) in [6.07, 6.45) is 0.811. The summed E-state index contributed by atoms with van der Waals surface area (Å²) in [7, 11) is 3.94. The maximum Gasteiger partial charge on any atom is 0.183 e. The molecule has 0 fully saturated rings. The number of hydrogen-bond acceptors (Lipinski definition) is 2. The van der Waals surface area contributed by atoms with Crippen molar-refractivity contribution >= 4 is 5.78 Å². The number of ketones is 1. The van der Waals surface area contributed by atoms with E-state index in [2.05, 4.69) is 26.8 Å². The lowest BCUT2D eigenvalue weighted by Crippen LogP contribution is -2.48. The van der Waals surface area contributed by atoms with Crippen LogP contribution >= 0.6 is 0 Å². The van der Waals surface area contributed by atoms with E-state index < -0.39 is 5.54 Å². The largest absolute Gasteiger partial charge is 0.297 e. The van der Waals surface area contributed by atoms with Crippen LogP contribution in [-0.4, -0.2) is 30.3 Å². The highest BCUT2D eigenvalue weighted by atomic mass is 16.1. The van der Waals surface area contributed by atoms with Crippen molar-refractivity contribution in [2.24, 2.45) is 0 Å². The number of carbonyl (C=O) groups excluding carboxylic acids is 1. The van der Waals surface area contributed by atoms with Gasteiger partial charge in [-0.2, -0.15) is 0 Å². The van der Waals surface area contributed by atoms with Crippen LogP contribution < -0.4 is 0 Å². The molecule has 1 unspecified atom stereocenters. The van der Waals surface area contributed by atoms with Gasteiger partial charge in [-0.15, -0.1) is 0 Å². The van der Waals surface area contributed by atoms with E-state index in [4.69, 9.17) is 0 Å². The molecule has 1 atom stereocenters. The molecule has 0 spiro atoms. The Bertz CT molecular complexity index is 462. The standard InChI is InChI=1S/C16H25NO/c1-8-16(5,17(6)7)15(18)14-10-12(3)11(2)9-13(14)4/h9-10H,8H2,1-7H3. The van der Waals surface area contributed by atoms with Crippen molar-refractivity contribution in [2.45, 2.75) is 46.6 Å². The molecule has 1 rings (SSSR count). The van der Waals surface area contributed by atoms with Gasteiger partial charge in [0, 0.05) is 5.56 Å². The molecule has 0 aromatic heterocycles. The summed E-state index contributed by atoms with van der Waals surface area (Å²) in [5, 5.41) is 0. The number of hydrogen-bond donors (Lipinski definition) is 0. The highest BCUT2D eigenvalue weighted by Crippen LogP contribution is 2.25. The van der Waals surface area contributed by atoms with Gasteiger partial charge in [0.25, 0.3) is 0 Å². The molecule has 0 saturated carbocycles. The molecule has 0 saturated heterocycles. The Labute approximate surface area is 111 Å². The van der Waals surface area contributed by atoms with Crippen LogP contribution in [0.15, 0.2) is 12.1 Å². The maximum absolute atomic E-state index is 12.8. The van der Waals surface area contributed by atoms with Crippen LogP contribution in [0.4, 0.5) is 0 Å². The number of benzene rings is 1. The molecule has 0 amide bonds. The molecule has 0 bridgehead atoms. The Morgan fingerprint density at radius 1 is 1.11 bits per heavy atom. The van der Waals surface area contributed by atoms with E-state index in [9.17, 15) is 4.79 Å². The zero-order chi connectivity index (χ0) is 14.1.